The van der Waals surface area contributed by atoms with Crippen molar-refractivity contribution >= 4 is 84.6 Å². The Morgan fingerprint density at radius 1 is 0.868 bits per heavy atom. The minimum Gasteiger partial charge on any atom is -0.436 e. The average Bonchev–Trinajstić information content (AvgIpc) is 3.49. The zero-order chi connectivity index (χ0) is 26.2. The number of hydrogen-bond donors (Lipinski definition) is 2. The molecule has 0 unspecified atom stereocenters. The van der Waals surface area contributed by atoms with Crippen molar-refractivity contribution in [2.45, 2.75) is 0 Å². The number of hydrogen-bond acceptors (Lipinski definition) is 5. The Hall–Kier alpha value is -3.75. The molecule has 2 aromatic heterocycles. The lowest BCUT2D eigenvalue weighted by Gasteiger charge is -2.08. The first-order valence-electron chi connectivity index (χ1n) is 11.5. The lowest BCUT2D eigenvalue weighted by Crippen LogP contribution is -2.33. The van der Waals surface area contributed by atoms with Crippen molar-refractivity contribution in [3.63, 3.8) is 0 Å². The number of rotatable bonds is 4. The maximum Gasteiger partial charge on any atom is 0.269 e. The molecule has 0 bridgehead atoms. The zero-order valence-electron chi connectivity index (χ0n) is 19.5. The Labute approximate surface area is 237 Å². The van der Waals surface area contributed by atoms with E-state index in [0.29, 0.717) is 37.6 Å². The molecule has 186 valence electrons. The minimum absolute atomic E-state index is 0.140. The molecule has 5 nitrogen and oxygen atoms in total. The van der Waals surface area contributed by atoms with Crippen molar-refractivity contribution < 1.29 is 9.21 Å². The predicted octanol–water partition coefficient (Wildman–Crippen LogP) is 8.81. The molecule has 0 aliphatic carbocycles. The third-order valence-corrected chi connectivity index (χ3v) is 8.00. The van der Waals surface area contributed by atoms with Gasteiger partial charge in [0.05, 0.1) is 5.02 Å². The van der Waals surface area contributed by atoms with Crippen LogP contribution in [0.2, 0.25) is 10.0 Å². The van der Waals surface area contributed by atoms with Gasteiger partial charge < -0.3 is 9.73 Å². The van der Waals surface area contributed by atoms with Crippen LogP contribution in [0.5, 0.6) is 0 Å². The standard InChI is InChI=1S/C29H17Cl2N3O2S2/c30-19-10-12-21-24(14-19)38-26(25(21)31)27(35)34-29(37)32-20-11-13-23-22(15-20)33-28(36-23)18-8-6-17(7-9-18)16-4-2-1-3-5-16/h1-15H,(H2,32,34,35,37). The highest BCUT2D eigenvalue weighted by atomic mass is 35.5. The van der Waals surface area contributed by atoms with Gasteiger partial charge in [-0.2, -0.15) is 0 Å². The second-order valence-electron chi connectivity index (χ2n) is 8.44. The van der Waals surface area contributed by atoms with Crippen molar-refractivity contribution in [2.75, 3.05) is 5.32 Å². The molecule has 38 heavy (non-hydrogen) atoms. The summed E-state index contributed by atoms with van der Waals surface area (Å²) in [6, 6.07) is 29.0. The summed E-state index contributed by atoms with van der Waals surface area (Å²) in [6.45, 7) is 0. The molecule has 2 N–H and O–H groups in total. The van der Waals surface area contributed by atoms with Gasteiger partial charge in [0.15, 0.2) is 10.7 Å². The van der Waals surface area contributed by atoms with Crippen molar-refractivity contribution in [1.82, 2.24) is 10.3 Å². The van der Waals surface area contributed by atoms with E-state index >= 15 is 0 Å². The average molecular weight is 575 g/mol. The second kappa shape index (κ2) is 10.2. The number of carbonyl (C=O) groups is 1. The lowest BCUT2D eigenvalue weighted by molar-refractivity contribution is 0.0982. The summed E-state index contributed by atoms with van der Waals surface area (Å²) < 4.78 is 6.80. The number of oxazole rings is 1. The molecule has 0 spiro atoms. The van der Waals surface area contributed by atoms with Crippen LogP contribution in [0.15, 0.2) is 95.4 Å². The molecule has 0 aliphatic rings. The number of amides is 1. The molecule has 0 fully saturated rings. The van der Waals surface area contributed by atoms with E-state index in [0.717, 1.165) is 26.8 Å². The van der Waals surface area contributed by atoms with Crippen LogP contribution in [0.4, 0.5) is 5.69 Å². The maximum atomic E-state index is 12.8. The number of anilines is 1. The molecule has 0 aliphatic heterocycles. The van der Waals surface area contributed by atoms with Crippen LogP contribution < -0.4 is 10.6 Å². The van der Waals surface area contributed by atoms with E-state index in [-0.39, 0.29) is 5.11 Å². The number of nitrogens with zero attached hydrogens (tertiary/aromatic N) is 1. The first kappa shape index (κ1) is 24.6. The number of nitrogens with one attached hydrogen (secondary N) is 2. The molecule has 0 atom stereocenters. The van der Waals surface area contributed by atoms with E-state index in [1.807, 2.05) is 60.7 Å². The van der Waals surface area contributed by atoms with Crippen molar-refractivity contribution in [3.8, 4) is 22.6 Å². The minimum atomic E-state index is -0.395. The number of thiophene rings is 1. The molecule has 2 heterocycles. The molecular weight excluding hydrogens is 557 g/mol. The van der Waals surface area contributed by atoms with E-state index in [4.69, 9.17) is 39.8 Å². The molecule has 9 heteroatoms. The number of thiocarbonyl (C=S) groups is 1. The highest BCUT2D eigenvalue weighted by molar-refractivity contribution is 7.80. The molecule has 0 radical (unpaired) electrons. The van der Waals surface area contributed by atoms with Crippen LogP contribution in [0.1, 0.15) is 9.67 Å². The zero-order valence-corrected chi connectivity index (χ0v) is 22.6. The molecule has 4 aromatic carbocycles. The van der Waals surface area contributed by atoms with Gasteiger partial charge in [-0.3, -0.25) is 10.1 Å². The Balaban J connectivity index is 1.16. The fourth-order valence-corrected chi connectivity index (χ4v) is 5.97. The van der Waals surface area contributed by atoms with Gasteiger partial charge in [-0.25, -0.2) is 4.98 Å². The number of halogens is 2. The summed E-state index contributed by atoms with van der Waals surface area (Å²) in [5.74, 6) is 0.126. The summed E-state index contributed by atoms with van der Waals surface area (Å²) >= 11 is 19.1. The van der Waals surface area contributed by atoms with Crippen LogP contribution >= 0.6 is 46.8 Å². The monoisotopic (exact) mass is 573 g/mol. The third-order valence-electron chi connectivity index (χ3n) is 5.91. The smallest absolute Gasteiger partial charge is 0.269 e. The number of fused-ring (bicyclic) bond motifs is 2. The fraction of sp³-hybridized carbons (Fsp3) is 0. The van der Waals surface area contributed by atoms with Gasteiger partial charge in [0, 0.05) is 26.4 Å². The van der Waals surface area contributed by atoms with Crippen LogP contribution in [-0.2, 0) is 0 Å². The molecule has 1 amide bonds. The van der Waals surface area contributed by atoms with Crippen molar-refractivity contribution in [2.24, 2.45) is 0 Å². The van der Waals surface area contributed by atoms with Gasteiger partial charge in [0.2, 0.25) is 5.89 Å². The maximum absolute atomic E-state index is 12.8. The highest BCUT2D eigenvalue weighted by Crippen LogP contribution is 2.36. The Bertz CT molecular complexity index is 1830. The van der Waals surface area contributed by atoms with Gasteiger partial charge in [-0.1, -0.05) is 71.7 Å². The van der Waals surface area contributed by atoms with Gasteiger partial charge in [-0.05, 0) is 65.8 Å². The van der Waals surface area contributed by atoms with E-state index in [9.17, 15) is 4.79 Å². The lowest BCUT2D eigenvalue weighted by atomic mass is 10.0. The topological polar surface area (TPSA) is 67.2 Å². The molecule has 6 rings (SSSR count). The SMILES string of the molecule is O=C(NC(=S)Nc1ccc2oc(-c3ccc(-c4ccccc4)cc3)nc2c1)c1sc2cc(Cl)ccc2c1Cl. The van der Waals surface area contributed by atoms with E-state index in [1.165, 1.54) is 11.3 Å². The van der Waals surface area contributed by atoms with Crippen LogP contribution in [0.25, 0.3) is 43.8 Å². The van der Waals surface area contributed by atoms with E-state index < -0.39 is 5.91 Å². The van der Waals surface area contributed by atoms with Gasteiger partial charge in [-0.15, -0.1) is 11.3 Å². The molecule has 0 saturated carbocycles. The van der Waals surface area contributed by atoms with Gasteiger partial charge >= 0.3 is 0 Å². The number of benzene rings is 4. The van der Waals surface area contributed by atoms with Crippen molar-refractivity contribution in [3.05, 3.63) is 106 Å². The highest BCUT2D eigenvalue weighted by Gasteiger charge is 2.18. The Morgan fingerprint density at radius 2 is 1.61 bits per heavy atom. The number of carbonyl (C=O) groups excluding carboxylic acids is 1. The molecule has 0 saturated heterocycles. The van der Waals surface area contributed by atoms with Crippen LogP contribution in [0.3, 0.4) is 0 Å². The van der Waals surface area contributed by atoms with Gasteiger partial charge in [0.25, 0.3) is 5.91 Å². The second-order valence-corrected chi connectivity index (χ2v) is 10.7. The summed E-state index contributed by atoms with van der Waals surface area (Å²) in [7, 11) is 0. The Morgan fingerprint density at radius 3 is 2.39 bits per heavy atom. The molecular formula is C29H17Cl2N3O2S2. The van der Waals surface area contributed by atoms with Crippen LogP contribution in [0, 0.1) is 0 Å². The normalized spacial score (nSPS) is 11.1. The first-order valence-corrected chi connectivity index (χ1v) is 13.5. The fourth-order valence-electron chi connectivity index (χ4n) is 4.07. The largest absolute Gasteiger partial charge is 0.436 e. The molecule has 6 aromatic rings. The summed E-state index contributed by atoms with van der Waals surface area (Å²) in [5.41, 5.74) is 5.11. The van der Waals surface area contributed by atoms with Crippen molar-refractivity contribution in [1.29, 1.82) is 0 Å². The first-order chi connectivity index (χ1) is 18.4. The number of aromatic nitrogens is 1. The summed E-state index contributed by atoms with van der Waals surface area (Å²) in [4.78, 5) is 17.8. The van der Waals surface area contributed by atoms with E-state index in [1.54, 1.807) is 18.2 Å². The predicted molar refractivity (Wildman–Crippen MR) is 160 cm³/mol. The van der Waals surface area contributed by atoms with Gasteiger partial charge in [0.1, 0.15) is 10.4 Å². The van der Waals surface area contributed by atoms with Crippen LogP contribution in [-0.4, -0.2) is 16.0 Å². The third kappa shape index (κ3) is 4.89. The van der Waals surface area contributed by atoms with E-state index in [2.05, 4.69) is 27.8 Å². The summed E-state index contributed by atoms with van der Waals surface area (Å²) in [5, 5.41) is 7.58. The Kier molecular flexibility index (Phi) is 6.59. The quantitative estimate of drug-likeness (QED) is 0.206. The summed E-state index contributed by atoms with van der Waals surface area (Å²) in [6.07, 6.45) is 0.